The van der Waals surface area contributed by atoms with Crippen LogP contribution in [-0.2, 0) is 22.1 Å². The molecule has 0 spiro atoms. The fourth-order valence-corrected chi connectivity index (χ4v) is 6.01. The van der Waals surface area contributed by atoms with Crippen molar-refractivity contribution >= 4 is 11.0 Å². The molecule has 2 fully saturated rings. The molecule has 9 nitrogen and oxygen atoms in total. The molecule has 0 amide bonds. The topological polar surface area (TPSA) is 101 Å². The van der Waals surface area contributed by atoms with Gasteiger partial charge in [-0.15, -0.1) is 0 Å². The summed E-state index contributed by atoms with van der Waals surface area (Å²) >= 11 is 0. The maximum absolute atomic E-state index is 13.2. The molecule has 2 aromatic carbocycles. The first-order chi connectivity index (χ1) is 19.0. The van der Waals surface area contributed by atoms with Crippen LogP contribution in [0.2, 0.25) is 0 Å². The molecule has 0 radical (unpaired) electrons. The van der Waals surface area contributed by atoms with E-state index in [-0.39, 0.29) is 6.10 Å². The van der Waals surface area contributed by atoms with Crippen molar-refractivity contribution in [3.63, 3.8) is 0 Å². The minimum atomic E-state index is -1.28. The Morgan fingerprint density at radius 3 is 2.62 bits per heavy atom. The Balaban J connectivity index is 1.31. The molecule has 0 N–H and O–H groups in total. The lowest BCUT2D eigenvalue weighted by Gasteiger charge is -2.31. The van der Waals surface area contributed by atoms with E-state index in [0.717, 1.165) is 55.8 Å². The highest BCUT2D eigenvalue weighted by atomic mass is 32.2. The second-order valence-corrected chi connectivity index (χ2v) is 11.2. The van der Waals surface area contributed by atoms with Crippen molar-refractivity contribution in [1.82, 2.24) is 19.2 Å². The molecule has 39 heavy (non-hydrogen) atoms. The van der Waals surface area contributed by atoms with E-state index in [1.165, 1.54) is 0 Å². The molecular formula is C29H33N5O4S. The third kappa shape index (κ3) is 6.62. The summed E-state index contributed by atoms with van der Waals surface area (Å²) in [7, 11) is 2.40. The van der Waals surface area contributed by atoms with Crippen molar-refractivity contribution in [1.29, 1.82) is 5.26 Å². The van der Waals surface area contributed by atoms with Crippen LogP contribution in [0.4, 0.5) is 0 Å². The number of methoxy groups -OCH3 is 1. The third-order valence-corrected chi connectivity index (χ3v) is 8.59. The molecule has 10 heteroatoms. The molecule has 2 saturated heterocycles. The van der Waals surface area contributed by atoms with Gasteiger partial charge in [-0.25, -0.2) is 18.5 Å². The van der Waals surface area contributed by atoms with Crippen LogP contribution in [0.15, 0.2) is 53.6 Å². The Bertz CT molecular complexity index is 1360. The number of benzene rings is 2. The van der Waals surface area contributed by atoms with Gasteiger partial charge in [-0.1, -0.05) is 6.07 Å². The van der Waals surface area contributed by atoms with Gasteiger partial charge >= 0.3 is 0 Å². The van der Waals surface area contributed by atoms with Gasteiger partial charge in [0.15, 0.2) is 0 Å². The van der Waals surface area contributed by atoms with Crippen LogP contribution in [0.3, 0.4) is 0 Å². The van der Waals surface area contributed by atoms with Crippen molar-refractivity contribution in [3.05, 3.63) is 65.6 Å². The molecule has 3 heterocycles. The van der Waals surface area contributed by atoms with Gasteiger partial charge in [0.1, 0.15) is 40.5 Å². The number of nitriles is 1. The van der Waals surface area contributed by atoms with Crippen molar-refractivity contribution in [2.75, 3.05) is 53.6 Å². The highest BCUT2D eigenvalue weighted by Gasteiger charge is 2.23. The van der Waals surface area contributed by atoms with Crippen LogP contribution in [-0.4, -0.2) is 83.0 Å². The lowest BCUT2D eigenvalue weighted by molar-refractivity contribution is 0.0254. The fraction of sp³-hybridized carbons (Fsp3) is 0.414. The van der Waals surface area contributed by atoms with Gasteiger partial charge in [-0.2, -0.15) is 5.26 Å². The highest BCUT2D eigenvalue weighted by Crippen LogP contribution is 2.29. The minimum absolute atomic E-state index is 0.0599. The van der Waals surface area contributed by atoms with Crippen LogP contribution in [0.25, 0.3) is 11.3 Å². The molecule has 1 unspecified atom stereocenters. The van der Waals surface area contributed by atoms with Gasteiger partial charge in [0.2, 0.25) is 0 Å². The number of aromatic nitrogens is 2. The average Bonchev–Trinajstić information content (AvgIpc) is 2.98. The normalized spacial score (nSPS) is 17.9. The number of likely N-dealkylation sites (N-methyl/N-ethyl adjacent to an activating group) is 1. The first-order valence-electron chi connectivity index (χ1n) is 13.2. The maximum Gasteiger partial charge on any atom is 0.137 e. The van der Waals surface area contributed by atoms with E-state index >= 15 is 0 Å². The lowest BCUT2D eigenvalue weighted by atomic mass is 10.1. The molecule has 0 aliphatic carbocycles. The predicted molar refractivity (Wildman–Crippen MR) is 148 cm³/mol. The molecule has 5 rings (SSSR count). The van der Waals surface area contributed by atoms with Crippen molar-refractivity contribution in [3.8, 4) is 28.8 Å². The van der Waals surface area contributed by atoms with Gasteiger partial charge < -0.3 is 19.1 Å². The van der Waals surface area contributed by atoms with Crippen LogP contribution in [0.5, 0.6) is 11.5 Å². The molecule has 2 aliphatic heterocycles. The summed E-state index contributed by atoms with van der Waals surface area (Å²) in [5.41, 5.74) is 2.99. The Kier molecular flexibility index (Phi) is 8.84. The lowest BCUT2D eigenvalue weighted by Crippen LogP contribution is -2.45. The summed E-state index contributed by atoms with van der Waals surface area (Å²) in [6.45, 7) is 4.65. The van der Waals surface area contributed by atoms with E-state index in [4.69, 9.17) is 19.2 Å². The zero-order valence-electron chi connectivity index (χ0n) is 22.3. The smallest absolute Gasteiger partial charge is 0.137 e. The second kappa shape index (κ2) is 12.7. The summed E-state index contributed by atoms with van der Waals surface area (Å²) < 4.78 is 32.3. The second-order valence-electron chi connectivity index (χ2n) is 9.75. The Morgan fingerprint density at radius 2 is 1.87 bits per heavy atom. The number of hydrogen-bond donors (Lipinski definition) is 0. The van der Waals surface area contributed by atoms with Crippen LogP contribution < -0.4 is 9.47 Å². The van der Waals surface area contributed by atoms with E-state index in [2.05, 4.69) is 23.0 Å². The number of rotatable bonds is 8. The van der Waals surface area contributed by atoms with E-state index in [9.17, 15) is 9.47 Å². The standard InChI is InChI=1S/C29H33N5O4S/c1-33-11-13-34(14-12-33)39(35)28-6-3-21(17-27(28)36-2)18-29-31-10-7-25(32-29)22-4-5-26(23(19-22)20-30)38-24-8-15-37-16-9-24/h3-7,10,17,19,24H,8-9,11-16,18H2,1-2H3. The largest absolute Gasteiger partial charge is 0.495 e. The van der Waals surface area contributed by atoms with Gasteiger partial charge in [0.05, 0.1) is 36.5 Å². The molecule has 1 aromatic heterocycles. The van der Waals surface area contributed by atoms with Gasteiger partial charge in [0, 0.05) is 57.2 Å². The quantitative estimate of drug-likeness (QED) is 0.423. The minimum Gasteiger partial charge on any atom is -0.495 e. The Hall–Kier alpha value is -3.36. The molecule has 0 saturated carbocycles. The Labute approximate surface area is 231 Å². The first kappa shape index (κ1) is 27.2. The van der Waals surface area contributed by atoms with E-state index in [1.807, 2.05) is 46.8 Å². The summed E-state index contributed by atoms with van der Waals surface area (Å²) in [4.78, 5) is 12.1. The third-order valence-electron chi connectivity index (χ3n) is 7.04. The van der Waals surface area contributed by atoms with Crippen molar-refractivity contribution in [2.24, 2.45) is 0 Å². The van der Waals surface area contributed by atoms with Crippen molar-refractivity contribution < 1.29 is 18.4 Å². The maximum atomic E-state index is 13.2. The van der Waals surface area contributed by atoms with Crippen LogP contribution in [0, 0.1) is 11.3 Å². The first-order valence-corrected chi connectivity index (χ1v) is 14.3. The summed E-state index contributed by atoms with van der Waals surface area (Å²) in [6.07, 6.45) is 3.91. The monoisotopic (exact) mass is 547 g/mol. The number of ether oxygens (including phenoxy) is 3. The molecule has 0 bridgehead atoms. The average molecular weight is 548 g/mol. The van der Waals surface area contributed by atoms with E-state index < -0.39 is 11.0 Å². The zero-order chi connectivity index (χ0) is 27.2. The molecule has 2 aliphatic rings. The van der Waals surface area contributed by atoms with Gasteiger partial charge in [-0.3, -0.25) is 0 Å². The van der Waals surface area contributed by atoms with Gasteiger partial charge in [-0.05, 0) is 49.0 Å². The highest BCUT2D eigenvalue weighted by molar-refractivity contribution is 7.82. The summed E-state index contributed by atoms with van der Waals surface area (Å²) in [5, 5.41) is 9.75. The number of hydrogen-bond acceptors (Lipinski definition) is 8. The summed E-state index contributed by atoms with van der Waals surface area (Å²) in [5.74, 6) is 1.83. The van der Waals surface area contributed by atoms with Crippen LogP contribution in [0.1, 0.15) is 29.8 Å². The zero-order valence-corrected chi connectivity index (χ0v) is 23.2. The molecule has 3 aromatic rings. The molecular weight excluding hydrogens is 514 g/mol. The molecule has 204 valence electrons. The Morgan fingerprint density at radius 1 is 1.08 bits per heavy atom. The van der Waals surface area contributed by atoms with Gasteiger partial charge in [0.25, 0.3) is 0 Å². The molecule has 1 atom stereocenters. The SMILES string of the molecule is COc1cc(Cc2nccc(-c3ccc(OC4CCOCC4)c(C#N)c3)n2)ccc1S(=O)N1CCN(C)CC1. The summed E-state index contributed by atoms with van der Waals surface area (Å²) in [6, 6.07) is 15.4. The van der Waals surface area contributed by atoms with E-state index in [0.29, 0.717) is 47.4 Å². The number of piperazine rings is 1. The predicted octanol–water partition coefficient (Wildman–Crippen LogP) is 3.44. The number of nitrogens with zero attached hydrogens (tertiary/aromatic N) is 5. The van der Waals surface area contributed by atoms with E-state index in [1.54, 1.807) is 13.3 Å². The van der Waals surface area contributed by atoms with Crippen molar-refractivity contribution in [2.45, 2.75) is 30.3 Å². The fourth-order valence-electron chi connectivity index (χ4n) is 4.74. The van der Waals surface area contributed by atoms with Crippen LogP contribution >= 0.6 is 0 Å².